The Hall–Kier alpha value is -1.00. The van der Waals surface area contributed by atoms with E-state index in [0.29, 0.717) is 5.75 Å². The van der Waals surface area contributed by atoms with Crippen molar-refractivity contribution in [3.05, 3.63) is 62.9 Å². The maximum atomic E-state index is 12.1. The van der Waals surface area contributed by atoms with Crippen molar-refractivity contribution in [3.8, 4) is 5.75 Å². The molecule has 1 unspecified atom stereocenters. The molecule has 2 aromatic rings. The van der Waals surface area contributed by atoms with E-state index in [1.54, 1.807) is 0 Å². The number of rotatable bonds is 7. The largest absolute Gasteiger partial charge is 1.00 e. The van der Waals surface area contributed by atoms with Crippen molar-refractivity contribution in [1.82, 2.24) is 14.9 Å². The maximum absolute atomic E-state index is 12.1. The quantitative estimate of drug-likeness (QED) is 0.194. The molecule has 0 radical (unpaired) electrons. The summed E-state index contributed by atoms with van der Waals surface area (Å²) in [5.74, 6) is -1.74. The number of aliphatic hydroxyl groups is 2. The van der Waals surface area contributed by atoms with Gasteiger partial charge in [-0.15, -0.1) is 0 Å². The van der Waals surface area contributed by atoms with Gasteiger partial charge in [-0.2, -0.15) is 0 Å². The average molecular weight is 531 g/mol. The number of hydrogen-bond donors (Lipinski definition) is 4. The second kappa shape index (κ2) is 13.5. The van der Waals surface area contributed by atoms with E-state index in [4.69, 9.17) is 14.2 Å². The van der Waals surface area contributed by atoms with Crippen LogP contribution in [-0.2, 0) is 14.0 Å². The molecule has 3 rings (SSSR count). The Kier molecular flexibility index (Phi) is 12.4. The van der Waals surface area contributed by atoms with Crippen LogP contribution in [0.2, 0.25) is 0 Å². The Morgan fingerprint density at radius 1 is 1.20 bits per heavy atom. The van der Waals surface area contributed by atoms with E-state index in [1.165, 1.54) is 31.4 Å². The number of aromatic amines is 1. The fraction of sp³-hybridized carbons (Fsp3) is 0.389. The van der Waals surface area contributed by atoms with Crippen LogP contribution in [0.5, 0.6) is 5.75 Å². The first-order chi connectivity index (χ1) is 15.5. The van der Waals surface area contributed by atoms with E-state index < -0.39 is 61.9 Å². The molecule has 1 fully saturated rings. The molecule has 1 amide bonds. The third-order valence-electron chi connectivity index (χ3n) is 4.82. The number of amides is 1. The van der Waals surface area contributed by atoms with Crippen LogP contribution < -0.4 is 90.2 Å². The number of carbonyl (C=O) groups is 1. The third kappa shape index (κ3) is 7.99. The van der Waals surface area contributed by atoms with E-state index in [2.05, 4.69) is 5.32 Å². The number of carbonyl (C=O) groups excluding carboxylic acids is 1. The fourth-order valence-corrected chi connectivity index (χ4v) is 3.93. The molecule has 0 aliphatic carbocycles. The fourth-order valence-electron chi connectivity index (χ4n) is 3.17. The molecule has 4 N–H and O–H groups in total. The minimum Gasteiger partial charge on any atom is -0.808 e. The Morgan fingerprint density at radius 2 is 1.83 bits per heavy atom. The van der Waals surface area contributed by atoms with Crippen LogP contribution in [0.3, 0.4) is 0 Å². The van der Waals surface area contributed by atoms with Crippen LogP contribution in [0.15, 0.2) is 46.1 Å². The number of nitrogens with one attached hydrogen (secondary N) is 2. The number of ether oxygens (including phenoxy) is 3. The van der Waals surface area contributed by atoms with Gasteiger partial charge in [-0.1, -0.05) is 12.1 Å². The molecular weight excluding hydrogens is 511 g/mol. The van der Waals surface area contributed by atoms with E-state index in [-0.39, 0.29) is 64.7 Å². The number of benzene rings is 1. The van der Waals surface area contributed by atoms with Crippen molar-refractivity contribution in [3.63, 3.8) is 0 Å². The summed E-state index contributed by atoms with van der Waals surface area (Å²) in [4.78, 5) is 60.4. The van der Waals surface area contributed by atoms with Gasteiger partial charge in [-0.25, -0.2) is 9.59 Å². The molecule has 1 aromatic heterocycles. The van der Waals surface area contributed by atoms with E-state index >= 15 is 0 Å². The third-order valence-corrected chi connectivity index (χ3v) is 5.79. The standard InChI is InChI=1S/C18H22N3O11P.2Na/c1-30-10-4-2-9(3-5-10)16(33(27,28)29)32-18(26)19-8-11-13(23)14(24)15(31-11)21-7-6-12(22)20-17(21)25;;/h2-7,11,13-16,23-24H,8H2,1H3,(H,19,26)(H,20,22,25)(H2,27,28,29);;/q;2*+1/p-2/t11-,13-,14-,15-,16?;;/m1../s1. The molecule has 35 heavy (non-hydrogen) atoms. The van der Waals surface area contributed by atoms with Crippen molar-refractivity contribution < 1.29 is 103 Å². The number of aromatic nitrogens is 2. The minimum absolute atomic E-state index is 0. The Labute approximate surface area is 242 Å². The van der Waals surface area contributed by atoms with E-state index in [0.717, 1.165) is 16.8 Å². The average Bonchev–Trinajstić information content (AvgIpc) is 3.04. The van der Waals surface area contributed by atoms with Gasteiger partial charge in [0.15, 0.2) is 12.1 Å². The first-order valence-corrected chi connectivity index (χ1v) is 11.1. The SMILES string of the molecule is COc1ccc(C(OC(=O)NC[C@H]2O[C@@H](n3ccc(=O)[nH]c3=O)[C@H](O)[C@@H]2O)P(=O)([O-])[O-])cc1.[Na+].[Na+]. The number of methoxy groups -OCH3 is 1. The van der Waals surface area contributed by atoms with Crippen molar-refractivity contribution in [2.45, 2.75) is 30.4 Å². The molecule has 17 heteroatoms. The molecule has 0 bridgehead atoms. The number of alkyl carbamates (subject to hydrolysis) is 1. The summed E-state index contributed by atoms with van der Waals surface area (Å²) in [5.41, 5.74) is -1.68. The first-order valence-electron chi connectivity index (χ1n) is 9.44. The monoisotopic (exact) mass is 531 g/mol. The summed E-state index contributed by atoms with van der Waals surface area (Å²) < 4.78 is 27.6. The summed E-state index contributed by atoms with van der Waals surface area (Å²) in [6, 6.07) is 6.25. The van der Waals surface area contributed by atoms with Gasteiger partial charge in [0.05, 0.1) is 7.11 Å². The number of aliphatic hydroxyl groups excluding tert-OH is 2. The van der Waals surface area contributed by atoms with Crippen LogP contribution in [0.25, 0.3) is 0 Å². The van der Waals surface area contributed by atoms with Crippen LogP contribution in [0, 0.1) is 0 Å². The molecule has 0 saturated carbocycles. The van der Waals surface area contributed by atoms with Gasteiger partial charge in [0, 0.05) is 18.8 Å². The predicted molar refractivity (Wildman–Crippen MR) is 105 cm³/mol. The molecule has 180 valence electrons. The zero-order chi connectivity index (χ0) is 24.3. The smallest absolute Gasteiger partial charge is 0.808 e. The van der Waals surface area contributed by atoms with Crippen LogP contribution in [-0.4, -0.2) is 57.8 Å². The van der Waals surface area contributed by atoms with Gasteiger partial charge in [-0.3, -0.25) is 14.3 Å². The second-order valence-corrected chi connectivity index (χ2v) is 8.56. The summed E-state index contributed by atoms with van der Waals surface area (Å²) in [7, 11) is -4.03. The molecule has 2 heterocycles. The zero-order valence-corrected chi connectivity index (χ0v) is 23.9. The Bertz CT molecular complexity index is 1150. The van der Waals surface area contributed by atoms with Gasteiger partial charge in [0.1, 0.15) is 24.1 Å². The summed E-state index contributed by atoms with van der Waals surface area (Å²) in [6.45, 7) is -0.469. The molecule has 1 aromatic carbocycles. The predicted octanol–water partition coefficient (Wildman–Crippen LogP) is -8.49. The second-order valence-electron chi connectivity index (χ2n) is 7.02. The minimum atomic E-state index is -5.42. The van der Waals surface area contributed by atoms with Gasteiger partial charge in [-0.05, 0) is 25.3 Å². The van der Waals surface area contributed by atoms with Crippen molar-refractivity contribution in [1.29, 1.82) is 0 Å². The van der Waals surface area contributed by atoms with Crippen LogP contribution in [0.4, 0.5) is 4.79 Å². The van der Waals surface area contributed by atoms with Crippen molar-refractivity contribution in [2.75, 3.05) is 13.7 Å². The number of H-pyrrole nitrogens is 1. The molecule has 5 atom stereocenters. The summed E-state index contributed by atoms with van der Waals surface area (Å²) in [5, 5.41) is 22.5. The van der Waals surface area contributed by atoms with Gasteiger partial charge >= 0.3 is 70.9 Å². The molecule has 1 aliphatic rings. The first kappa shape index (κ1) is 32.0. The maximum Gasteiger partial charge on any atom is 1.00 e. The number of nitrogens with zero attached hydrogens (tertiary/aromatic N) is 1. The Morgan fingerprint density at radius 3 is 2.37 bits per heavy atom. The van der Waals surface area contributed by atoms with Crippen molar-refractivity contribution >= 4 is 13.7 Å². The zero-order valence-electron chi connectivity index (χ0n) is 19.0. The molecule has 1 aliphatic heterocycles. The Balaban J connectivity index is 0.00000306. The molecule has 14 nitrogen and oxygen atoms in total. The van der Waals surface area contributed by atoms with E-state index in [1.807, 2.05) is 4.98 Å². The van der Waals surface area contributed by atoms with Gasteiger partial charge in [0.2, 0.25) is 0 Å². The molecule has 0 spiro atoms. The van der Waals surface area contributed by atoms with Crippen LogP contribution in [0.1, 0.15) is 17.6 Å². The summed E-state index contributed by atoms with van der Waals surface area (Å²) >= 11 is 0. The van der Waals surface area contributed by atoms with Gasteiger partial charge in [0.25, 0.3) is 5.56 Å². The summed E-state index contributed by atoms with van der Waals surface area (Å²) in [6.07, 6.45) is -6.00. The van der Waals surface area contributed by atoms with Crippen LogP contribution >= 0.6 is 7.60 Å². The van der Waals surface area contributed by atoms with E-state index in [9.17, 15) is 38.9 Å². The van der Waals surface area contributed by atoms with Crippen molar-refractivity contribution in [2.24, 2.45) is 0 Å². The number of hydrogen-bond acceptors (Lipinski definition) is 11. The topological polar surface area (TPSA) is 215 Å². The normalized spacial score (nSPS) is 22.3. The molecular formula is C18H20N3Na2O11P. The molecule has 1 saturated heterocycles. The van der Waals surface area contributed by atoms with Gasteiger partial charge < -0.3 is 44.1 Å².